The summed E-state index contributed by atoms with van der Waals surface area (Å²) in [6, 6.07) is 3.53. The standard InChI is InChI=1S/C19H19F2N3O2/c20-11-1-2-16(15(21)9-11)24-18-13-7-10(13)8-14(18)17(23-24)19(25)22-12-3-5-26-6-4-12/h1-2,9-10,12-13H,3-8H2,(H,22,25)/t10-,13-/m0/s1. The molecule has 0 bridgehead atoms. The molecule has 5 nitrogen and oxygen atoms in total. The van der Waals surface area contributed by atoms with Crippen molar-refractivity contribution in [2.45, 2.75) is 37.6 Å². The van der Waals surface area contributed by atoms with E-state index in [2.05, 4.69) is 10.4 Å². The van der Waals surface area contributed by atoms with Crippen molar-refractivity contribution in [3.05, 3.63) is 46.8 Å². The third kappa shape index (κ3) is 2.53. The minimum atomic E-state index is -0.671. The van der Waals surface area contributed by atoms with Crippen LogP contribution in [0.2, 0.25) is 0 Å². The molecule has 5 rings (SSSR count). The Morgan fingerprint density at radius 1 is 1.27 bits per heavy atom. The number of nitrogens with zero attached hydrogens (tertiary/aromatic N) is 2. The van der Waals surface area contributed by atoms with Crippen molar-refractivity contribution in [2.24, 2.45) is 5.92 Å². The van der Waals surface area contributed by atoms with E-state index in [9.17, 15) is 13.6 Å². The average molecular weight is 359 g/mol. The van der Waals surface area contributed by atoms with Gasteiger partial charge >= 0.3 is 0 Å². The van der Waals surface area contributed by atoms with Gasteiger partial charge in [-0.2, -0.15) is 5.10 Å². The third-order valence-electron chi connectivity index (χ3n) is 5.67. The fourth-order valence-corrected chi connectivity index (χ4v) is 4.23. The van der Waals surface area contributed by atoms with E-state index in [1.165, 1.54) is 16.8 Å². The van der Waals surface area contributed by atoms with Gasteiger partial charge in [0.05, 0.1) is 5.69 Å². The molecule has 1 saturated carbocycles. The number of ether oxygens (including phenoxy) is 1. The van der Waals surface area contributed by atoms with Crippen LogP contribution in [0.15, 0.2) is 18.2 Å². The predicted octanol–water partition coefficient (Wildman–Crippen LogP) is 2.72. The lowest BCUT2D eigenvalue weighted by Gasteiger charge is -2.22. The minimum Gasteiger partial charge on any atom is -0.381 e. The summed E-state index contributed by atoms with van der Waals surface area (Å²) < 4.78 is 34.4. The summed E-state index contributed by atoms with van der Waals surface area (Å²) in [5.41, 5.74) is 2.40. The minimum absolute atomic E-state index is 0.0792. The van der Waals surface area contributed by atoms with Gasteiger partial charge in [-0.25, -0.2) is 13.5 Å². The van der Waals surface area contributed by atoms with Crippen LogP contribution < -0.4 is 5.32 Å². The molecule has 26 heavy (non-hydrogen) atoms. The second-order valence-electron chi connectivity index (χ2n) is 7.39. The first kappa shape index (κ1) is 15.9. The number of hydrogen-bond donors (Lipinski definition) is 1. The summed E-state index contributed by atoms with van der Waals surface area (Å²) in [4.78, 5) is 12.8. The van der Waals surface area contributed by atoms with Crippen molar-refractivity contribution in [1.29, 1.82) is 0 Å². The van der Waals surface area contributed by atoms with Crippen molar-refractivity contribution in [3.63, 3.8) is 0 Å². The highest BCUT2D eigenvalue weighted by Crippen LogP contribution is 2.57. The van der Waals surface area contributed by atoms with Gasteiger partial charge in [-0.15, -0.1) is 0 Å². The highest BCUT2D eigenvalue weighted by Gasteiger charge is 2.50. The number of amides is 1. The summed E-state index contributed by atoms with van der Waals surface area (Å²) in [6.07, 6.45) is 3.42. The topological polar surface area (TPSA) is 56.1 Å². The van der Waals surface area contributed by atoms with Crippen LogP contribution in [0.25, 0.3) is 5.69 Å². The van der Waals surface area contributed by atoms with Crippen molar-refractivity contribution < 1.29 is 18.3 Å². The zero-order chi connectivity index (χ0) is 17.8. The maximum atomic E-state index is 14.3. The fraction of sp³-hybridized carbons (Fsp3) is 0.474. The number of hydrogen-bond acceptors (Lipinski definition) is 3. The van der Waals surface area contributed by atoms with E-state index >= 15 is 0 Å². The molecule has 0 unspecified atom stereocenters. The van der Waals surface area contributed by atoms with E-state index < -0.39 is 11.6 Å². The molecular weight excluding hydrogens is 340 g/mol. The Labute approximate surface area is 149 Å². The molecule has 3 aliphatic rings. The van der Waals surface area contributed by atoms with Gasteiger partial charge in [0, 0.05) is 36.8 Å². The molecule has 2 aliphatic carbocycles. The number of halogens is 2. The van der Waals surface area contributed by atoms with Crippen molar-refractivity contribution in [3.8, 4) is 5.69 Å². The molecule has 1 aliphatic heterocycles. The van der Waals surface area contributed by atoms with Gasteiger partial charge in [0.1, 0.15) is 11.5 Å². The first-order chi connectivity index (χ1) is 12.6. The first-order valence-corrected chi connectivity index (χ1v) is 9.07. The molecule has 2 atom stereocenters. The average Bonchev–Trinajstić information content (AvgIpc) is 3.12. The Hall–Kier alpha value is -2.28. The lowest BCUT2D eigenvalue weighted by molar-refractivity contribution is 0.0693. The van der Waals surface area contributed by atoms with Crippen LogP contribution in [0.5, 0.6) is 0 Å². The SMILES string of the molecule is O=C(NC1CCOCC1)c1nn(-c2ccc(F)cc2F)c2c1C[C@@H]1C[C@H]21. The van der Waals surface area contributed by atoms with Crippen LogP contribution in [0.3, 0.4) is 0 Å². The Kier molecular flexibility index (Phi) is 3.60. The molecule has 1 aromatic heterocycles. The number of rotatable bonds is 3. The van der Waals surface area contributed by atoms with Crippen LogP contribution in [0.4, 0.5) is 8.78 Å². The molecule has 2 fully saturated rings. The van der Waals surface area contributed by atoms with Gasteiger partial charge in [-0.3, -0.25) is 4.79 Å². The smallest absolute Gasteiger partial charge is 0.272 e. The van der Waals surface area contributed by atoms with Gasteiger partial charge in [0.2, 0.25) is 0 Å². The molecule has 1 saturated heterocycles. The van der Waals surface area contributed by atoms with Gasteiger partial charge < -0.3 is 10.1 Å². The lowest BCUT2D eigenvalue weighted by atomic mass is 10.1. The van der Waals surface area contributed by atoms with Crippen molar-refractivity contribution in [2.75, 3.05) is 13.2 Å². The Balaban J connectivity index is 1.51. The third-order valence-corrected chi connectivity index (χ3v) is 5.67. The maximum Gasteiger partial charge on any atom is 0.272 e. The molecule has 0 radical (unpaired) electrons. The predicted molar refractivity (Wildman–Crippen MR) is 89.3 cm³/mol. The number of benzene rings is 1. The van der Waals surface area contributed by atoms with Gasteiger partial charge in [-0.05, 0) is 43.7 Å². The van der Waals surface area contributed by atoms with E-state index in [1.54, 1.807) is 0 Å². The highest BCUT2D eigenvalue weighted by molar-refractivity contribution is 5.94. The highest BCUT2D eigenvalue weighted by atomic mass is 19.1. The monoisotopic (exact) mass is 359 g/mol. The quantitative estimate of drug-likeness (QED) is 0.917. The van der Waals surface area contributed by atoms with Gasteiger partial charge in [0.25, 0.3) is 5.91 Å². The normalized spacial score (nSPS) is 24.2. The molecule has 1 N–H and O–H groups in total. The Morgan fingerprint density at radius 2 is 2.08 bits per heavy atom. The number of carbonyl (C=O) groups excluding carboxylic acids is 1. The van der Waals surface area contributed by atoms with Crippen LogP contribution in [0.1, 0.15) is 46.9 Å². The summed E-state index contributed by atoms with van der Waals surface area (Å²) >= 11 is 0. The molecule has 2 aromatic rings. The summed E-state index contributed by atoms with van der Waals surface area (Å²) in [7, 11) is 0. The molecular formula is C19H19F2N3O2. The molecule has 7 heteroatoms. The van der Waals surface area contributed by atoms with Crippen molar-refractivity contribution >= 4 is 5.91 Å². The second-order valence-corrected chi connectivity index (χ2v) is 7.39. The molecule has 1 amide bonds. The molecule has 0 spiro atoms. The van der Waals surface area contributed by atoms with Crippen molar-refractivity contribution in [1.82, 2.24) is 15.1 Å². The van der Waals surface area contributed by atoms with Crippen LogP contribution >= 0.6 is 0 Å². The molecule has 1 aromatic carbocycles. The number of fused-ring (bicyclic) bond motifs is 3. The van der Waals surface area contributed by atoms with E-state index in [1.807, 2.05) is 0 Å². The van der Waals surface area contributed by atoms with Crippen LogP contribution in [-0.2, 0) is 11.2 Å². The lowest BCUT2D eigenvalue weighted by Crippen LogP contribution is -2.39. The van der Waals surface area contributed by atoms with Gasteiger partial charge in [0.15, 0.2) is 11.5 Å². The zero-order valence-electron chi connectivity index (χ0n) is 14.2. The van der Waals surface area contributed by atoms with Gasteiger partial charge in [-0.1, -0.05) is 0 Å². The number of nitrogens with one attached hydrogen (secondary N) is 1. The summed E-state index contributed by atoms with van der Waals surface area (Å²) in [5, 5.41) is 7.48. The maximum absolute atomic E-state index is 14.3. The van der Waals surface area contributed by atoms with E-state index in [0.29, 0.717) is 30.7 Å². The van der Waals surface area contributed by atoms with E-state index in [-0.39, 0.29) is 17.6 Å². The summed E-state index contributed by atoms with van der Waals surface area (Å²) in [5.74, 6) is -0.665. The van der Waals surface area contributed by atoms with Crippen LogP contribution in [-0.4, -0.2) is 34.9 Å². The van der Waals surface area contributed by atoms with Crippen LogP contribution in [0, 0.1) is 17.6 Å². The Morgan fingerprint density at radius 3 is 2.85 bits per heavy atom. The molecule has 136 valence electrons. The zero-order valence-corrected chi connectivity index (χ0v) is 14.2. The number of carbonyl (C=O) groups is 1. The molecule has 2 heterocycles. The summed E-state index contributed by atoms with van der Waals surface area (Å²) in [6.45, 7) is 1.28. The fourth-order valence-electron chi connectivity index (χ4n) is 4.23. The first-order valence-electron chi connectivity index (χ1n) is 9.07. The number of aromatic nitrogens is 2. The largest absolute Gasteiger partial charge is 0.381 e. The Bertz CT molecular complexity index is 889. The van der Waals surface area contributed by atoms with E-state index in [0.717, 1.165) is 43.0 Å². The van der Waals surface area contributed by atoms with E-state index in [4.69, 9.17) is 4.74 Å². The second kappa shape index (κ2) is 5.87.